The summed E-state index contributed by atoms with van der Waals surface area (Å²) >= 11 is 0. The molecule has 1 fully saturated rings. The number of nitrogens with one attached hydrogen (secondary N) is 1. The highest BCUT2D eigenvalue weighted by atomic mass is 32.2. The van der Waals surface area contributed by atoms with E-state index < -0.39 is 9.84 Å². The van der Waals surface area contributed by atoms with E-state index >= 15 is 0 Å². The largest absolute Gasteiger partial charge is 0.356 e. The smallest absolute Gasteiger partial charge is 0.246 e. The number of sulfone groups is 1. The van der Waals surface area contributed by atoms with Gasteiger partial charge in [-0.15, -0.1) is 0 Å². The second-order valence-corrected chi connectivity index (χ2v) is 11.2. The van der Waals surface area contributed by atoms with E-state index in [1.165, 1.54) is 12.4 Å². The first-order valence-electron chi connectivity index (χ1n) is 10.8. The van der Waals surface area contributed by atoms with Crippen molar-refractivity contribution in [3.8, 4) is 11.8 Å². The summed E-state index contributed by atoms with van der Waals surface area (Å²) in [7, 11) is -3.41. The van der Waals surface area contributed by atoms with Gasteiger partial charge in [-0.1, -0.05) is 32.6 Å². The summed E-state index contributed by atoms with van der Waals surface area (Å²) in [5.74, 6) is 6.82. The van der Waals surface area contributed by atoms with Gasteiger partial charge in [0.2, 0.25) is 20.9 Å². The molecule has 1 amide bonds. The third kappa shape index (κ3) is 8.41. The highest BCUT2D eigenvalue weighted by Crippen LogP contribution is 2.33. The van der Waals surface area contributed by atoms with Crippen molar-refractivity contribution in [2.75, 3.05) is 12.8 Å². The zero-order valence-electron chi connectivity index (χ0n) is 18.9. The van der Waals surface area contributed by atoms with Crippen LogP contribution in [0.1, 0.15) is 71.3 Å². The maximum Gasteiger partial charge on any atom is 0.246 e. The van der Waals surface area contributed by atoms with Gasteiger partial charge in [0.1, 0.15) is 5.78 Å². The molecule has 1 aromatic rings. The Labute approximate surface area is 185 Å². The fourth-order valence-electron chi connectivity index (χ4n) is 3.66. The third-order valence-electron chi connectivity index (χ3n) is 5.44. The number of carbonyl (C=O) groups excluding carboxylic acids is 2. The maximum absolute atomic E-state index is 12.4. The number of hydrogen-bond acceptors (Lipinski definition) is 6. The molecule has 31 heavy (non-hydrogen) atoms. The van der Waals surface area contributed by atoms with Crippen molar-refractivity contribution in [3.05, 3.63) is 18.0 Å². The Bertz CT molecular complexity index is 930. The molecule has 1 saturated carbocycles. The van der Waals surface area contributed by atoms with Crippen LogP contribution in [0.25, 0.3) is 0 Å². The molecule has 0 aliphatic heterocycles. The molecular formula is C23H33N3O4S. The standard InChI is InChI=1S/C23H33N3O4S/c1-23(2,3)21(28)19-12-10-17(11-13-19)14-24-20(27)9-7-5-6-8-18-15-25-22(26-16-18)31(4,29)30/h15-17,19H,5,7,9-14H2,1-4H3,(H,24,27). The van der Waals surface area contributed by atoms with Gasteiger partial charge in [-0.25, -0.2) is 18.4 Å². The maximum atomic E-state index is 12.4. The van der Waals surface area contributed by atoms with Gasteiger partial charge in [-0.3, -0.25) is 9.59 Å². The van der Waals surface area contributed by atoms with Crippen molar-refractivity contribution in [1.29, 1.82) is 0 Å². The van der Waals surface area contributed by atoms with E-state index in [-0.39, 0.29) is 22.4 Å². The lowest BCUT2D eigenvalue weighted by atomic mass is 9.73. The van der Waals surface area contributed by atoms with Crippen molar-refractivity contribution in [3.63, 3.8) is 0 Å². The van der Waals surface area contributed by atoms with Crippen LogP contribution in [0.5, 0.6) is 0 Å². The number of ketones is 1. The van der Waals surface area contributed by atoms with Crippen LogP contribution >= 0.6 is 0 Å². The van der Waals surface area contributed by atoms with E-state index in [0.29, 0.717) is 43.1 Å². The lowest BCUT2D eigenvalue weighted by Crippen LogP contribution is -2.35. The van der Waals surface area contributed by atoms with Crippen LogP contribution in [0.15, 0.2) is 17.6 Å². The van der Waals surface area contributed by atoms with Crippen molar-refractivity contribution >= 4 is 21.5 Å². The van der Waals surface area contributed by atoms with Crippen molar-refractivity contribution in [1.82, 2.24) is 15.3 Å². The molecule has 0 aromatic carbocycles. The molecule has 0 radical (unpaired) electrons. The summed E-state index contributed by atoms with van der Waals surface area (Å²) < 4.78 is 22.7. The minimum Gasteiger partial charge on any atom is -0.356 e. The van der Waals surface area contributed by atoms with Crippen LogP contribution in [0.2, 0.25) is 0 Å². The van der Waals surface area contributed by atoms with Crippen LogP contribution in [0, 0.1) is 29.1 Å². The number of rotatable bonds is 7. The van der Waals surface area contributed by atoms with E-state index in [4.69, 9.17) is 0 Å². The Balaban J connectivity index is 1.63. The average molecular weight is 448 g/mol. The number of nitrogens with zero attached hydrogens (tertiary/aromatic N) is 2. The molecule has 0 atom stereocenters. The Hall–Kier alpha value is -2.27. The highest BCUT2D eigenvalue weighted by molar-refractivity contribution is 7.90. The number of carbonyl (C=O) groups is 2. The number of Topliss-reactive ketones (excluding diaryl/α,β-unsaturated/α-hetero) is 1. The molecule has 0 saturated heterocycles. The van der Waals surface area contributed by atoms with Gasteiger partial charge in [-0.2, -0.15) is 0 Å². The molecular weight excluding hydrogens is 414 g/mol. The summed E-state index contributed by atoms with van der Waals surface area (Å²) in [6.45, 7) is 6.61. The van der Waals surface area contributed by atoms with E-state index in [9.17, 15) is 18.0 Å². The second-order valence-electron chi connectivity index (χ2n) is 9.32. The third-order valence-corrected chi connectivity index (χ3v) is 6.32. The molecule has 1 aliphatic rings. The van der Waals surface area contributed by atoms with E-state index in [1.54, 1.807) is 0 Å². The molecule has 1 N–H and O–H groups in total. The second kappa shape index (κ2) is 10.9. The Morgan fingerprint density at radius 2 is 1.74 bits per heavy atom. The highest BCUT2D eigenvalue weighted by Gasteiger charge is 2.32. The summed E-state index contributed by atoms with van der Waals surface area (Å²) in [6, 6.07) is 0. The fraction of sp³-hybridized carbons (Fsp3) is 0.652. The fourth-order valence-corrected chi connectivity index (χ4v) is 4.15. The Morgan fingerprint density at radius 1 is 1.13 bits per heavy atom. The van der Waals surface area contributed by atoms with Gasteiger partial charge < -0.3 is 5.32 Å². The van der Waals surface area contributed by atoms with Gasteiger partial charge in [0.05, 0.1) is 5.56 Å². The summed E-state index contributed by atoms with van der Waals surface area (Å²) in [5.41, 5.74) is 0.263. The van der Waals surface area contributed by atoms with Gasteiger partial charge in [0.15, 0.2) is 0 Å². The van der Waals surface area contributed by atoms with E-state index in [2.05, 4.69) is 27.1 Å². The molecule has 0 unspecified atom stereocenters. The lowest BCUT2D eigenvalue weighted by molar-refractivity contribution is -0.131. The van der Waals surface area contributed by atoms with Crippen LogP contribution in [-0.2, 0) is 19.4 Å². The predicted octanol–water partition coefficient (Wildman–Crippen LogP) is 2.94. The molecule has 8 heteroatoms. The molecule has 0 bridgehead atoms. The Morgan fingerprint density at radius 3 is 2.29 bits per heavy atom. The van der Waals surface area contributed by atoms with E-state index in [1.807, 2.05) is 20.8 Å². The monoisotopic (exact) mass is 447 g/mol. The Kier molecular flexibility index (Phi) is 8.75. The van der Waals surface area contributed by atoms with Crippen LogP contribution in [0.4, 0.5) is 0 Å². The molecule has 1 aliphatic carbocycles. The quantitative estimate of drug-likeness (QED) is 0.391. The predicted molar refractivity (Wildman–Crippen MR) is 119 cm³/mol. The van der Waals surface area contributed by atoms with Gasteiger partial charge in [-0.05, 0) is 38.0 Å². The zero-order chi connectivity index (χ0) is 23.1. The van der Waals surface area contributed by atoms with Gasteiger partial charge in [0.25, 0.3) is 0 Å². The number of aromatic nitrogens is 2. The van der Waals surface area contributed by atoms with Crippen molar-refractivity contribution in [2.45, 2.75) is 70.9 Å². The van der Waals surface area contributed by atoms with Gasteiger partial charge in [0, 0.05) is 49.4 Å². The zero-order valence-corrected chi connectivity index (χ0v) is 19.7. The topological polar surface area (TPSA) is 106 Å². The first-order valence-corrected chi connectivity index (χ1v) is 12.7. The first kappa shape index (κ1) is 25.0. The number of amides is 1. The number of hydrogen-bond donors (Lipinski definition) is 1. The average Bonchev–Trinajstić information content (AvgIpc) is 2.71. The van der Waals surface area contributed by atoms with E-state index in [0.717, 1.165) is 31.9 Å². The summed E-state index contributed by atoms with van der Waals surface area (Å²) in [5, 5.41) is 2.79. The number of unbranched alkanes of at least 4 members (excludes halogenated alkanes) is 1. The van der Waals surface area contributed by atoms with Crippen LogP contribution in [0.3, 0.4) is 0 Å². The van der Waals surface area contributed by atoms with Gasteiger partial charge >= 0.3 is 0 Å². The minimum absolute atomic E-state index is 0.0236. The molecule has 0 spiro atoms. The summed E-state index contributed by atoms with van der Waals surface area (Å²) in [4.78, 5) is 32.0. The minimum atomic E-state index is -3.41. The van der Waals surface area contributed by atoms with Crippen molar-refractivity contribution in [2.24, 2.45) is 17.3 Å². The van der Waals surface area contributed by atoms with Crippen LogP contribution < -0.4 is 5.32 Å². The summed E-state index contributed by atoms with van der Waals surface area (Å²) in [6.07, 6.45) is 9.24. The van der Waals surface area contributed by atoms with Crippen LogP contribution in [-0.4, -0.2) is 42.9 Å². The SMILES string of the molecule is CC(C)(C)C(=O)C1CCC(CNC(=O)CCCC#Cc2cnc(S(C)(=O)=O)nc2)CC1. The molecule has 2 rings (SSSR count). The lowest BCUT2D eigenvalue weighted by Gasteiger charge is -2.31. The van der Waals surface area contributed by atoms with Crippen molar-refractivity contribution < 1.29 is 18.0 Å². The molecule has 170 valence electrons. The first-order chi connectivity index (χ1) is 14.5. The molecule has 7 nitrogen and oxygen atoms in total. The molecule has 1 heterocycles. The molecule has 1 aromatic heterocycles. The normalized spacial score (nSPS) is 19.2.